The second-order valence-corrected chi connectivity index (χ2v) is 35.0. The van der Waals surface area contributed by atoms with Gasteiger partial charge in [-0.2, -0.15) is 0 Å². The van der Waals surface area contributed by atoms with Crippen LogP contribution >= 0.6 is 0 Å². The fourth-order valence-corrected chi connectivity index (χ4v) is 14.0. The van der Waals surface area contributed by atoms with Crippen molar-refractivity contribution in [3.63, 3.8) is 0 Å². The molecule has 127 heavy (non-hydrogen) atoms. The Balaban J connectivity index is 4.60. The number of carbonyl (C=O) groups excluding carboxylic acids is 4. The lowest BCUT2D eigenvalue weighted by molar-refractivity contribution is -0.164. The molecular weight excluding hydrogens is 1630 g/mol. The smallest absolute Gasteiger partial charge is 0.306 e. The molecule has 0 aliphatic carbocycles. The first-order valence-corrected chi connectivity index (χ1v) is 51.0. The van der Waals surface area contributed by atoms with E-state index in [1.165, 1.54) is 154 Å². The fourth-order valence-electron chi connectivity index (χ4n) is 14.0. The summed E-state index contributed by atoms with van der Waals surface area (Å²) in [7, 11) is 0. The van der Waals surface area contributed by atoms with E-state index >= 15 is 0 Å². The van der Waals surface area contributed by atoms with Crippen molar-refractivity contribution in [2.24, 2.45) is 0 Å². The van der Waals surface area contributed by atoms with Crippen LogP contribution in [0.5, 0.6) is 0 Å². The molecule has 0 saturated carbocycles. The predicted molar refractivity (Wildman–Crippen MR) is 505 cm³/mol. The van der Waals surface area contributed by atoms with Crippen LogP contribution in [0.25, 0.3) is 0 Å². The van der Waals surface area contributed by atoms with Crippen LogP contribution in [0.3, 0.4) is 0 Å². The minimum absolute atomic E-state index is 0.112. The summed E-state index contributed by atoms with van der Waals surface area (Å²) < 4.78 is 72.0. The number of rotatable bonds is 102. The van der Waals surface area contributed by atoms with Crippen molar-refractivity contribution >= 4 is 23.9 Å². The van der Waals surface area contributed by atoms with Gasteiger partial charge in [0.2, 0.25) is 0 Å². The monoisotopic (exact) mass is 1820 g/mol. The molecule has 10 unspecified atom stereocenters. The van der Waals surface area contributed by atoms with E-state index in [4.69, 9.17) is 61.6 Å². The third-order valence-corrected chi connectivity index (χ3v) is 21.6. The van der Waals surface area contributed by atoms with Gasteiger partial charge in [0, 0.05) is 25.7 Å². The Morgan fingerprint density at radius 2 is 0.323 bits per heavy atom. The van der Waals surface area contributed by atoms with Gasteiger partial charge in [-0.15, -0.1) is 0 Å². The number of carbonyl (C=O) groups is 4. The maximum Gasteiger partial charge on any atom is 0.306 e. The van der Waals surface area contributed by atoms with Gasteiger partial charge in [0.15, 0.2) is 12.2 Å². The van der Waals surface area contributed by atoms with Crippen LogP contribution in [0, 0.1) is 0 Å². The molecule has 0 amide bonds. The van der Waals surface area contributed by atoms with Crippen molar-refractivity contribution in [3.05, 3.63) is 48.6 Å². The van der Waals surface area contributed by atoms with E-state index in [-0.39, 0.29) is 170 Å². The van der Waals surface area contributed by atoms with E-state index in [9.17, 15) is 60.0 Å². The quantitative estimate of drug-likeness (QED) is 0.0121. The Morgan fingerprint density at radius 1 is 0.181 bits per heavy atom. The van der Waals surface area contributed by atoms with E-state index in [0.29, 0.717) is 25.7 Å². The summed E-state index contributed by atoms with van der Waals surface area (Å²) in [5, 5.41) is 83.5. The van der Waals surface area contributed by atoms with Gasteiger partial charge in [-0.05, 0) is 128 Å². The van der Waals surface area contributed by atoms with Crippen LogP contribution < -0.4 is 0 Å². The van der Waals surface area contributed by atoms with Crippen molar-refractivity contribution in [2.75, 3.05) is 132 Å². The highest BCUT2D eigenvalue weighted by Gasteiger charge is 2.23. The number of hydrogen-bond donors (Lipinski definition) is 8. The lowest BCUT2D eigenvalue weighted by Gasteiger charge is -2.20. The Hall–Kier alpha value is -3.84. The van der Waals surface area contributed by atoms with Crippen LogP contribution in [-0.2, 0) is 80.8 Å². The van der Waals surface area contributed by atoms with Gasteiger partial charge in [-0.25, -0.2) is 0 Å². The average Bonchev–Trinajstić information content (AvgIpc) is 0.945. The van der Waals surface area contributed by atoms with Crippen LogP contribution in [0.15, 0.2) is 48.6 Å². The molecule has 0 fully saturated rings. The summed E-state index contributed by atoms with van der Waals surface area (Å²) in [4.78, 5) is 51.5. The molecule has 0 aromatic carbocycles. The second-order valence-electron chi connectivity index (χ2n) is 35.0. The zero-order chi connectivity index (χ0) is 92.7. The fraction of sp³-hybridized carbons (Fsp3) is 0.882. The molecule has 0 aliphatic heterocycles. The molecule has 0 spiro atoms. The Bertz CT molecular complexity index is 2290. The van der Waals surface area contributed by atoms with Crippen molar-refractivity contribution in [2.45, 2.75) is 448 Å². The first-order chi connectivity index (χ1) is 62.0. The Labute approximate surface area is 770 Å². The zero-order valence-corrected chi connectivity index (χ0v) is 80.7. The lowest BCUT2D eigenvalue weighted by atomic mass is 10.1. The molecule has 8 N–H and O–H groups in total. The van der Waals surface area contributed by atoms with Gasteiger partial charge in [0.25, 0.3) is 0 Å². The largest absolute Gasteiger partial charge is 0.462 e. The lowest BCUT2D eigenvalue weighted by Crippen LogP contribution is -2.33. The van der Waals surface area contributed by atoms with Gasteiger partial charge < -0.3 is 102 Å². The number of aliphatic hydroxyl groups is 8. The molecule has 0 aromatic rings. The molecule has 0 aliphatic rings. The van der Waals surface area contributed by atoms with E-state index < -0.39 is 73.0 Å². The third kappa shape index (κ3) is 95.1. The maximum absolute atomic E-state index is 13.0. The zero-order valence-electron chi connectivity index (χ0n) is 80.7. The van der Waals surface area contributed by atoms with Crippen molar-refractivity contribution < 1.29 is 122 Å². The highest BCUT2D eigenvalue weighted by Crippen LogP contribution is 2.18. The van der Waals surface area contributed by atoms with Gasteiger partial charge >= 0.3 is 23.9 Å². The minimum atomic E-state index is -1.10. The molecule has 25 heteroatoms. The number of allylic oxidation sites excluding steroid dienone is 8. The van der Waals surface area contributed by atoms with Crippen molar-refractivity contribution in [1.82, 2.24) is 0 Å². The minimum Gasteiger partial charge on any atom is -0.462 e. The van der Waals surface area contributed by atoms with Gasteiger partial charge in [0.05, 0.1) is 119 Å². The van der Waals surface area contributed by atoms with Gasteiger partial charge in [-0.3, -0.25) is 19.2 Å². The van der Waals surface area contributed by atoms with Gasteiger partial charge in [0.1, 0.15) is 62.0 Å². The summed E-state index contributed by atoms with van der Waals surface area (Å²) in [6.07, 6.45) is 68.8. The SMILES string of the molecule is CCCCCCCCC=CCCCCCCCC(=O)OCC(COCC(O)COCC(O)COCC(O)COCC(O)COCC(O)COCC(O)COCC(O)COCC(O)COCC(COC(=O)CCCCCCCC=CCCCCCCCC)OC(=O)CCCCCCCC=CCCCCCCCC)OC(=O)CCCCCCCC=CCCCCCCCC. The molecule has 0 radical (unpaired) electrons. The third-order valence-electron chi connectivity index (χ3n) is 21.6. The second kappa shape index (κ2) is 98.2. The van der Waals surface area contributed by atoms with Gasteiger partial charge in [-0.1, -0.05) is 282 Å². The molecule has 0 bridgehead atoms. The number of ether oxygens (including phenoxy) is 13. The molecule has 10 atom stereocenters. The topological polar surface area (TPSA) is 350 Å². The number of hydrogen-bond acceptors (Lipinski definition) is 25. The van der Waals surface area contributed by atoms with E-state index in [2.05, 4.69) is 76.3 Å². The van der Waals surface area contributed by atoms with Crippen molar-refractivity contribution in [3.8, 4) is 0 Å². The molecule has 25 nitrogen and oxygen atoms in total. The maximum atomic E-state index is 13.0. The van der Waals surface area contributed by atoms with E-state index in [1.54, 1.807) is 0 Å². The first kappa shape index (κ1) is 123. The van der Waals surface area contributed by atoms with Crippen LogP contribution in [0.2, 0.25) is 0 Å². The highest BCUT2D eigenvalue weighted by atomic mass is 16.6. The van der Waals surface area contributed by atoms with Crippen LogP contribution in [0.4, 0.5) is 0 Å². The Kier molecular flexibility index (Phi) is 95.2. The van der Waals surface area contributed by atoms with E-state index in [0.717, 1.165) is 154 Å². The summed E-state index contributed by atoms with van der Waals surface area (Å²) in [5.74, 6) is -1.53. The first-order valence-electron chi connectivity index (χ1n) is 51.0. The molecule has 0 saturated heterocycles. The molecular formula is C102H190O25. The van der Waals surface area contributed by atoms with E-state index in [1.807, 2.05) is 0 Å². The highest BCUT2D eigenvalue weighted by molar-refractivity contribution is 5.71. The molecule has 748 valence electrons. The molecule has 0 aromatic heterocycles. The Morgan fingerprint density at radius 3 is 0.496 bits per heavy atom. The van der Waals surface area contributed by atoms with Crippen LogP contribution in [-0.4, -0.2) is 258 Å². The summed E-state index contributed by atoms with van der Waals surface area (Å²) in [6, 6.07) is 0. The number of aliphatic hydroxyl groups excluding tert-OH is 8. The summed E-state index contributed by atoms with van der Waals surface area (Å²) >= 11 is 0. The van der Waals surface area contributed by atoms with Crippen LogP contribution in [0.1, 0.15) is 387 Å². The summed E-state index contributed by atoms with van der Waals surface area (Å²) in [6.45, 7) is 5.30. The predicted octanol–water partition coefficient (Wildman–Crippen LogP) is 19.1. The molecule has 0 heterocycles. The normalized spacial score (nSPS) is 14.5. The van der Waals surface area contributed by atoms with Crippen molar-refractivity contribution in [1.29, 1.82) is 0 Å². The standard InChI is InChI=1S/C102H190O25/c1-5-9-13-17-21-25-29-33-37-41-45-49-53-57-61-65-99(111)124-87-97(126-101(113)67-63-59-55-51-47-43-39-35-31-27-23-19-15-11-7-3)85-122-83-95(109)81-120-79-93(107)77-118-75-91(105)73-116-71-89(103)69-115-70-90(104)72-117-74-92(106)76-119-78-94(108)80-121-82-96(110)84-123-86-98(127-102(114)68-64-60-56-52-48-44-40-36-32-28-24-20-16-12-8-4)88-125-100(112)66-62-58-54-50-46-42-38-34-30-26-22-18-14-10-6-2/h33-40,89-98,103-110H,5-32,41-88H2,1-4H3. The number of esters is 4. The molecule has 0 rings (SSSR count). The summed E-state index contributed by atoms with van der Waals surface area (Å²) in [5.41, 5.74) is 0. The average molecular weight is 1820 g/mol. The number of unbranched alkanes of at least 4 members (excludes halogenated alkanes) is 44.